The van der Waals surface area contributed by atoms with Gasteiger partial charge >= 0.3 is 0 Å². The number of carbonyl (C=O) groups excluding carboxylic acids is 1. The first kappa shape index (κ1) is 14.8. The Kier molecular flexibility index (Phi) is 4.65. The molecule has 3 nitrogen and oxygen atoms in total. The Balaban J connectivity index is 2.23. The molecule has 1 N–H and O–H groups in total. The lowest BCUT2D eigenvalue weighted by molar-refractivity contribution is -0.132. The maximum atomic E-state index is 12.9. The van der Waals surface area contributed by atoms with E-state index in [4.69, 9.17) is 0 Å². The van der Waals surface area contributed by atoms with Crippen LogP contribution in [0.4, 0.5) is 13.2 Å². The number of alkyl halides is 2. The van der Waals surface area contributed by atoms with Crippen LogP contribution in [-0.4, -0.2) is 29.8 Å². The van der Waals surface area contributed by atoms with Crippen molar-refractivity contribution >= 4 is 5.91 Å². The summed E-state index contributed by atoms with van der Waals surface area (Å²) in [4.78, 5) is 13.3. The molecule has 0 saturated carbocycles. The van der Waals surface area contributed by atoms with Gasteiger partial charge in [-0.1, -0.05) is 25.5 Å². The fourth-order valence-electron chi connectivity index (χ4n) is 2.44. The van der Waals surface area contributed by atoms with Gasteiger partial charge in [-0.05, 0) is 24.1 Å². The van der Waals surface area contributed by atoms with Crippen molar-refractivity contribution in [3.63, 3.8) is 0 Å². The van der Waals surface area contributed by atoms with Crippen molar-refractivity contribution in [3.05, 3.63) is 35.6 Å². The molecule has 0 bridgehead atoms. The molecular formula is C14H17F3N2O. The van der Waals surface area contributed by atoms with Gasteiger partial charge in [0.1, 0.15) is 12.0 Å². The number of nitrogens with one attached hydrogen (secondary N) is 1. The second kappa shape index (κ2) is 6.26. The molecule has 1 aliphatic heterocycles. The van der Waals surface area contributed by atoms with E-state index in [1.54, 1.807) is 0 Å². The molecule has 2 unspecified atom stereocenters. The van der Waals surface area contributed by atoms with E-state index >= 15 is 0 Å². The zero-order chi connectivity index (χ0) is 14.7. The van der Waals surface area contributed by atoms with E-state index in [1.165, 1.54) is 24.3 Å². The van der Waals surface area contributed by atoms with Crippen LogP contribution in [0.25, 0.3) is 0 Å². The minimum Gasteiger partial charge on any atom is -0.316 e. The maximum Gasteiger partial charge on any atom is 0.255 e. The van der Waals surface area contributed by atoms with Gasteiger partial charge in [-0.25, -0.2) is 13.2 Å². The van der Waals surface area contributed by atoms with E-state index in [0.717, 1.165) is 11.3 Å². The van der Waals surface area contributed by atoms with Gasteiger partial charge < -0.3 is 4.90 Å². The number of rotatable bonds is 5. The number of nitrogens with zero attached hydrogens (tertiary/aromatic N) is 1. The Morgan fingerprint density at radius 1 is 1.30 bits per heavy atom. The molecule has 0 spiro atoms. The van der Waals surface area contributed by atoms with Gasteiger partial charge in [-0.2, -0.15) is 0 Å². The van der Waals surface area contributed by atoms with Crippen LogP contribution in [0.1, 0.15) is 31.5 Å². The van der Waals surface area contributed by atoms with Crippen molar-refractivity contribution in [2.75, 3.05) is 6.54 Å². The lowest BCUT2D eigenvalue weighted by atomic mass is 10.1. The molecular weight excluding hydrogens is 269 g/mol. The Bertz CT molecular complexity index is 464. The quantitative estimate of drug-likeness (QED) is 0.902. The molecule has 2 rings (SSSR count). The molecule has 1 aromatic rings. The second-order valence-corrected chi connectivity index (χ2v) is 4.84. The SMILES string of the molecule is CCCC1NC(c2ccc(F)cc2)N(CC(F)F)C1=O. The summed E-state index contributed by atoms with van der Waals surface area (Å²) in [5.74, 6) is -0.718. The highest BCUT2D eigenvalue weighted by Crippen LogP contribution is 2.27. The average molecular weight is 286 g/mol. The first-order valence-electron chi connectivity index (χ1n) is 6.63. The second-order valence-electron chi connectivity index (χ2n) is 4.84. The fraction of sp³-hybridized carbons (Fsp3) is 0.500. The molecule has 6 heteroatoms. The van der Waals surface area contributed by atoms with E-state index in [1.807, 2.05) is 6.92 Å². The predicted molar refractivity (Wildman–Crippen MR) is 68.7 cm³/mol. The van der Waals surface area contributed by atoms with Gasteiger partial charge in [0.2, 0.25) is 5.91 Å². The van der Waals surface area contributed by atoms with Gasteiger partial charge in [0.15, 0.2) is 0 Å². The number of carbonyl (C=O) groups is 1. The molecule has 1 aromatic carbocycles. The Labute approximate surface area is 115 Å². The largest absolute Gasteiger partial charge is 0.316 e. The van der Waals surface area contributed by atoms with Gasteiger partial charge in [-0.3, -0.25) is 10.1 Å². The number of amides is 1. The van der Waals surface area contributed by atoms with Crippen molar-refractivity contribution < 1.29 is 18.0 Å². The Hall–Kier alpha value is -1.56. The Morgan fingerprint density at radius 3 is 2.50 bits per heavy atom. The third kappa shape index (κ3) is 3.12. The van der Waals surface area contributed by atoms with Gasteiger partial charge in [0.05, 0.1) is 12.6 Å². The lowest BCUT2D eigenvalue weighted by Crippen LogP contribution is -2.35. The first-order valence-corrected chi connectivity index (χ1v) is 6.63. The Morgan fingerprint density at radius 2 is 1.95 bits per heavy atom. The lowest BCUT2D eigenvalue weighted by Gasteiger charge is -2.24. The summed E-state index contributed by atoms with van der Waals surface area (Å²) in [6, 6.07) is 5.08. The summed E-state index contributed by atoms with van der Waals surface area (Å²) < 4.78 is 38.2. The molecule has 1 fully saturated rings. The van der Waals surface area contributed by atoms with Crippen molar-refractivity contribution in [1.29, 1.82) is 0 Å². The van der Waals surface area contributed by atoms with Crippen molar-refractivity contribution in [3.8, 4) is 0 Å². The van der Waals surface area contributed by atoms with Crippen molar-refractivity contribution in [2.24, 2.45) is 0 Å². The van der Waals surface area contributed by atoms with Crippen LogP contribution in [0.5, 0.6) is 0 Å². The van der Waals surface area contributed by atoms with Gasteiger partial charge in [0, 0.05) is 0 Å². The fourth-order valence-corrected chi connectivity index (χ4v) is 2.44. The molecule has 20 heavy (non-hydrogen) atoms. The molecule has 0 radical (unpaired) electrons. The van der Waals surface area contributed by atoms with E-state index in [0.29, 0.717) is 12.0 Å². The third-order valence-corrected chi connectivity index (χ3v) is 3.35. The smallest absolute Gasteiger partial charge is 0.255 e. The molecule has 1 amide bonds. The molecule has 0 aliphatic carbocycles. The van der Waals surface area contributed by atoms with E-state index < -0.39 is 31.0 Å². The van der Waals surface area contributed by atoms with Crippen LogP contribution in [0, 0.1) is 5.82 Å². The van der Waals surface area contributed by atoms with Crippen LogP contribution >= 0.6 is 0 Å². The molecule has 1 aliphatic rings. The number of benzene rings is 1. The van der Waals surface area contributed by atoms with Crippen molar-refractivity contribution in [2.45, 2.75) is 38.4 Å². The van der Waals surface area contributed by atoms with E-state index in [9.17, 15) is 18.0 Å². The molecule has 1 heterocycles. The predicted octanol–water partition coefficient (Wildman–Crippen LogP) is 2.69. The van der Waals surface area contributed by atoms with E-state index in [2.05, 4.69) is 5.32 Å². The highest BCUT2D eigenvalue weighted by atomic mass is 19.3. The molecule has 0 aromatic heterocycles. The minimum atomic E-state index is -2.59. The third-order valence-electron chi connectivity index (χ3n) is 3.35. The summed E-state index contributed by atoms with van der Waals surface area (Å²) in [6.07, 6.45) is -1.84. The van der Waals surface area contributed by atoms with Crippen LogP contribution in [0.15, 0.2) is 24.3 Å². The van der Waals surface area contributed by atoms with Crippen LogP contribution in [-0.2, 0) is 4.79 Å². The van der Waals surface area contributed by atoms with Crippen molar-refractivity contribution in [1.82, 2.24) is 10.2 Å². The zero-order valence-electron chi connectivity index (χ0n) is 11.2. The summed E-state index contributed by atoms with van der Waals surface area (Å²) in [5, 5.41) is 3.05. The summed E-state index contributed by atoms with van der Waals surface area (Å²) in [6.45, 7) is 1.31. The average Bonchev–Trinajstić information content (AvgIpc) is 2.69. The maximum absolute atomic E-state index is 12.9. The molecule has 1 saturated heterocycles. The molecule has 110 valence electrons. The van der Waals surface area contributed by atoms with Crippen LogP contribution in [0.2, 0.25) is 0 Å². The van der Waals surface area contributed by atoms with Gasteiger partial charge in [-0.15, -0.1) is 0 Å². The number of halogens is 3. The number of hydrogen-bond acceptors (Lipinski definition) is 2. The highest BCUT2D eigenvalue weighted by molar-refractivity contribution is 5.84. The van der Waals surface area contributed by atoms with Crippen LogP contribution < -0.4 is 5.32 Å². The molecule has 2 atom stereocenters. The zero-order valence-corrected chi connectivity index (χ0v) is 11.2. The summed E-state index contributed by atoms with van der Waals surface area (Å²) in [7, 11) is 0. The summed E-state index contributed by atoms with van der Waals surface area (Å²) >= 11 is 0. The normalized spacial score (nSPS) is 22.9. The standard InChI is InChI=1S/C14H17F3N2O/c1-2-3-11-14(20)19(8-12(16)17)13(18-11)9-4-6-10(15)7-5-9/h4-7,11-13,18H,2-3,8H2,1H3. The monoisotopic (exact) mass is 286 g/mol. The van der Waals surface area contributed by atoms with E-state index in [-0.39, 0.29) is 5.91 Å². The minimum absolute atomic E-state index is 0.318. The first-order chi connectivity index (χ1) is 9.52. The van der Waals surface area contributed by atoms with Gasteiger partial charge in [0.25, 0.3) is 6.43 Å². The topological polar surface area (TPSA) is 32.3 Å². The van der Waals surface area contributed by atoms with Crippen LogP contribution in [0.3, 0.4) is 0 Å². The number of hydrogen-bond donors (Lipinski definition) is 1. The highest BCUT2D eigenvalue weighted by Gasteiger charge is 2.40. The summed E-state index contributed by atoms with van der Waals surface area (Å²) in [5.41, 5.74) is 0.610.